The summed E-state index contributed by atoms with van der Waals surface area (Å²) in [6.45, 7) is 4.29. The Morgan fingerprint density at radius 2 is 1.50 bits per heavy atom. The molecule has 0 bridgehead atoms. The summed E-state index contributed by atoms with van der Waals surface area (Å²) in [5, 5.41) is 6.82. The predicted molar refractivity (Wildman–Crippen MR) is 156 cm³/mol. The Morgan fingerprint density at radius 1 is 0.875 bits per heavy atom. The lowest BCUT2D eigenvalue weighted by Gasteiger charge is -2.46. The SMILES string of the molecule is COC(=O)C1=NN(c2ccc(C)cc2)[C@]2(c3ccccc3)CN([C@@H](C)c3ccccc3)C(=O)c3ccccc3N12. The van der Waals surface area contributed by atoms with Crippen LogP contribution in [0.15, 0.2) is 114 Å². The third-order valence-electron chi connectivity index (χ3n) is 7.79. The Morgan fingerprint density at radius 3 is 2.17 bits per heavy atom. The topological polar surface area (TPSA) is 65.5 Å². The quantitative estimate of drug-likeness (QED) is 0.302. The molecule has 0 N–H and O–H groups in total. The zero-order valence-corrected chi connectivity index (χ0v) is 22.7. The maximum absolute atomic E-state index is 14.4. The molecule has 4 aromatic carbocycles. The molecule has 0 unspecified atom stereocenters. The molecule has 1 amide bonds. The highest BCUT2D eigenvalue weighted by molar-refractivity contribution is 6.42. The van der Waals surface area contributed by atoms with Crippen molar-refractivity contribution in [3.05, 3.63) is 131 Å². The Labute approximate surface area is 233 Å². The fourth-order valence-corrected chi connectivity index (χ4v) is 5.71. The predicted octanol–water partition coefficient (Wildman–Crippen LogP) is 5.88. The smallest absolute Gasteiger partial charge is 0.376 e. The van der Waals surface area contributed by atoms with E-state index in [1.54, 1.807) is 0 Å². The van der Waals surface area contributed by atoms with Crippen molar-refractivity contribution >= 4 is 29.1 Å². The van der Waals surface area contributed by atoms with Gasteiger partial charge in [0.25, 0.3) is 5.91 Å². The molecular formula is C33H30N4O3. The van der Waals surface area contributed by atoms with E-state index in [0.717, 1.165) is 22.4 Å². The van der Waals surface area contributed by atoms with Gasteiger partial charge >= 0.3 is 5.97 Å². The van der Waals surface area contributed by atoms with Gasteiger partial charge in [-0.1, -0.05) is 90.5 Å². The van der Waals surface area contributed by atoms with Crippen molar-refractivity contribution in [3.8, 4) is 0 Å². The molecule has 0 fully saturated rings. The van der Waals surface area contributed by atoms with Crippen molar-refractivity contribution in [2.24, 2.45) is 5.10 Å². The Bertz CT molecular complexity index is 1590. The van der Waals surface area contributed by atoms with Crippen LogP contribution in [0.25, 0.3) is 0 Å². The van der Waals surface area contributed by atoms with Crippen molar-refractivity contribution in [2.45, 2.75) is 25.6 Å². The number of esters is 1. The van der Waals surface area contributed by atoms with Crippen LogP contribution in [0.3, 0.4) is 0 Å². The minimum atomic E-state index is -1.09. The van der Waals surface area contributed by atoms with E-state index in [0.29, 0.717) is 11.3 Å². The molecule has 2 aliphatic rings. The number of aryl methyl sites for hydroxylation is 1. The third-order valence-corrected chi connectivity index (χ3v) is 7.79. The first-order chi connectivity index (χ1) is 19.5. The van der Waals surface area contributed by atoms with Crippen LogP contribution in [0.4, 0.5) is 11.4 Å². The van der Waals surface area contributed by atoms with Crippen LogP contribution >= 0.6 is 0 Å². The lowest BCUT2D eigenvalue weighted by molar-refractivity contribution is -0.132. The molecule has 200 valence electrons. The van der Waals surface area contributed by atoms with E-state index in [-0.39, 0.29) is 24.3 Å². The molecule has 0 saturated heterocycles. The Balaban J connectivity index is 1.67. The van der Waals surface area contributed by atoms with Gasteiger partial charge < -0.3 is 9.64 Å². The van der Waals surface area contributed by atoms with Gasteiger partial charge in [0.1, 0.15) is 0 Å². The zero-order valence-electron chi connectivity index (χ0n) is 22.7. The normalized spacial score (nSPS) is 18.9. The molecule has 0 aromatic heterocycles. The molecule has 0 spiro atoms. The van der Waals surface area contributed by atoms with Crippen LogP contribution in [0, 0.1) is 6.92 Å². The van der Waals surface area contributed by atoms with Gasteiger partial charge in [0, 0.05) is 5.56 Å². The number of benzene rings is 4. The van der Waals surface area contributed by atoms with E-state index >= 15 is 0 Å². The number of ether oxygens (including phenoxy) is 1. The first-order valence-electron chi connectivity index (χ1n) is 13.3. The Hall–Kier alpha value is -4.91. The summed E-state index contributed by atoms with van der Waals surface area (Å²) < 4.78 is 5.26. The molecule has 0 saturated carbocycles. The largest absolute Gasteiger partial charge is 0.463 e. The molecule has 0 radical (unpaired) electrons. The lowest BCUT2D eigenvalue weighted by Crippen LogP contribution is -2.60. The minimum absolute atomic E-state index is 0.112. The highest BCUT2D eigenvalue weighted by Gasteiger charge is 2.58. The minimum Gasteiger partial charge on any atom is -0.463 e. The first kappa shape index (κ1) is 25.4. The molecular weight excluding hydrogens is 500 g/mol. The number of carbonyl (C=O) groups is 2. The second-order valence-electron chi connectivity index (χ2n) is 10.1. The molecule has 2 atom stereocenters. The molecule has 2 heterocycles. The van der Waals surface area contributed by atoms with Gasteiger partial charge in [-0.2, -0.15) is 0 Å². The third kappa shape index (κ3) is 3.93. The number of rotatable bonds is 5. The van der Waals surface area contributed by atoms with E-state index in [4.69, 9.17) is 9.84 Å². The van der Waals surface area contributed by atoms with Gasteiger partial charge in [-0.05, 0) is 43.7 Å². The Kier molecular flexibility index (Phi) is 6.34. The van der Waals surface area contributed by atoms with E-state index in [1.807, 2.05) is 138 Å². The number of para-hydroxylation sites is 1. The number of fused-ring (bicyclic) bond motifs is 3. The van der Waals surface area contributed by atoms with Crippen LogP contribution in [0.2, 0.25) is 0 Å². The fraction of sp³-hybridized carbons (Fsp3) is 0.182. The maximum Gasteiger partial charge on any atom is 0.376 e. The summed E-state index contributed by atoms with van der Waals surface area (Å²) in [5.74, 6) is -0.590. The van der Waals surface area contributed by atoms with E-state index in [1.165, 1.54) is 7.11 Å². The summed E-state index contributed by atoms with van der Waals surface area (Å²) >= 11 is 0. The summed E-state index contributed by atoms with van der Waals surface area (Å²) in [6, 6.07) is 35.1. The number of methoxy groups -OCH3 is 1. The lowest BCUT2D eigenvalue weighted by atomic mass is 9.93. The van der Waals surface area contributed by atoms with Crippen molar-refractivity contribution in [1.82, 2.24) is 4.90 Å². The molecule has 2 aliphatic heterocycles. The van der Waals surface area contributed by atoms with Gasteiger partial charge in [0.05, 0.1) is 36.6 Å². The molecule has 0 aliphatic carbocycles. The average Bonchev–Trinajstić information content (AvgIpc) is 3.30. The number of hydrogen-bond acceptors (Lipinski definition) is 6. The zero-order chi connectivity index (χ0) is 27.9. The molecule has 7 nitrogen and oxygen atoms in total. The summed E-state index contributed by atoms with van der Waals surface area (Å²) in [7, 11) is 1.35. The van der Waals surface area contributed by atoms with Gasteiger partial charge in [-0.25, -0.2) is 9.80 Å². The number of hydrogen-bond donors (Lipinski definition) is 0. The molecule has 6 rings (SSSR count). The maximum atomic E-state index is 14.4. The van der Waals surface area contributed by atoms with Crippen molar-refractivity contribution in [3.63, 3.8) is 0 Å². The van der Waals surface area contributed by atoms with Gasteiger partial charge in [0.2, 0.25) is 5.84 Å². The van der Waals surface area contributed by atoms with Crippen molar-refractivity contribution < 1.29 is 14.3 Å². The number of anilines is 2. The van der Waals surface area contributed by atoms with Crippen molar-refractivity contribution in [2.75, 3.05) is 23.6 Å². The fourth-order valence-electron chi connectivity index (χ4n) is 5.71. The summed E-state index contributed by atoms with van der Waals surface area (Å²) in [6.07, 6.45) is 0. The highest BCUT2D eigenvalue weighted by atomic mass is 16.5. The van der Waals surface area contributed by atoms with Gasteiger partial charge in [-0.3, -0.25) is 9.69 Å². The highest BCUT2D eigenvalue weighted by Crippen LogP contribution is 2.48. The summed E-state index contributed by atoms with van der Waals surface area (Å²) in [5.41, 5.74) is 3.78. The number of amides is 1. The summed E-state index contributed by atoms with van der Waals surface area (Å²) in [4.78, 5) is 31.6. The molecule has 40 heavy (non-hydrogen) atoms. The van der Waals surface area contributed by atoms with E-state index < -0.39 is 11.6 Å². The second kappa shape index (κ2) is 10.0. The number of amidine groups is 1. The van der Waals surface area contributed by atoms with Crippen LogP contribution in [-0.4, -0.2) is 36.3 Å². The molecule has 7 heteroatoms. The van der Waals surface area contributed by atoms with E-state index in [2.05, 4.69) is 0 Å². The van der Waals surface area contributed by atoms with Crippen LogP contribution < -0.4 is 9.91 Å². The number of hydrazone groups is 1. The van der Waals surface area contributed by atoms with Crippen LogP contribution in [0.1, 0.15) is 40.0 Å². The van der Waals surface area contributed by atoms with Gasteiger partial charge in [-0.15, -0.1) is 5.10 Å². The number of carbonyl (C=O) groups excluding carboxylic acids is 2. The van der Waals surface area contributed by atoms with Crippen LogP contribution in [0.5, 0.6) is 0 Å². The van der Waals surface area contributed by atoms with Gasteiger partial charge in [0.15, 0.2) is 5.66 Å². The standard InChI is InChI=1S/C33H30N4O3/c1-23-18-20-27(21-19-23)37-33(26-14-8-5-9-15-26)22-35(24(2)25-12-6-4-7-13-25)31(38)28-16-10-11-17-29(28)36(33)30(34-37)32(39)40-3/h4-21,24H,22H2,1-3H3/t24-,33-/m0/s1. The second-order valence-corrected chi connectivity index (χ2v) is 10.1. The monoisotopic (exact) mass is 530 g/mol. The average molecular weight is 531 g/mol. The number of nitrogens with zero attached hydrogens (tertiary/aromatic N) is 4. The molecule has 4 aromatic rings. The van der Waals surface area contributed by atoms with Crippen molar-refractivity contribution in [1.29, 1.82) is 0 Å². The first-order valence-corrected chi connectivity index (χ1v) is 13.3. The van der Waals surface area contributed by atoms with E-state index in [9.17, 15) is 9.59 Å². The van der Waals surface area contributed by atoms with Crippen LogP contribution in [-0.2, 0) is 15.2 Å².